The molecule has 0 aliphatic heterocycles. The molecule has 1 rings (SSSR count). The lowest BCUT2D eigenvalue weighted by atomic mass is 9.82. The molecule has 0 aliphatic carbocycles. The number of urea groups is 1. The lowest BCUT2D eigenvalue weighted by Gasteiger charge is -2.27. The molecule has 136 valence electrons. The molecule has 0 saturated heterocycles. The van der Waals surface area contributed by atoms with Crippen LogP contribution in [0.25, 0.3) is 0 Å². The monoisotopic (exact) mass is 347 g/mol. The van der Waals surface area contributed by atoms with Gasteiger partial charge in [-0.15, -0.1) is 0 Å². The largest absolute Gasteiger partial charge is 0.468 e. The van der Waals surface area contributed by atoms with Crippen molar-refractivity contribution in [2.24, 2.45) is 11.3 Å². The van der Waals surface area contributed by atoms with Crippen molar-refractivity contribution in [1.82, 2.24) is 15.6 Å². The van der Waals surface area contributed by atoms with Crippen LogP contribution in [-0.2, 0) is 6.54 Å². The van der Waals surface area contributed by atoms with Crippen LogP contribution in [0.2, 0.25) is 0 Å². The summed E-state index contributed by atoms with van der Waals surface area (Å²) in [5.41, 5.74) is 0.685. The third-order valence-corrected chi connectivity index (χ3v) is 3.68. The second kappa shape index (κ2) is 8.21. The van der Waals surface area contributed by atoms with Crippen LogP contribution in [0, 0.1) is 11.3 Å². The van der Waals surface area contributed by atoms with Crippen LogP contribution in [0.1, 0.15) is 33.3 Å². The number of hydrogen-bond donors (Lipinski definition) is 2. The number of carbonyl (C=O) groups excluding carboxylic acids is 1. The van der Waals surface area contributed by atoms with Gasteiger partial charge in [-0.2, -0.15) is 13.2 Å². The van der Waals surface area contributed by atoms with Crippen LogP contribution in [0.3, 0.4) is 0 Å². The maximum absolute atomic E-state index is 12.1. The molecule has 0 aliphatic rings. The Morgan fingerprint density at radius 3 is 2.54 bits per heavy atom. The number of aromatic nitrogens is 1. The summed E-state index contributed by atoms with van der Waals surface area (Å²) in [7, 11) is 0. The second-order valence-corrected chi connectivity index (χ2v) is 6.74. The first-order valence-corrected chi connectivity index (χ1v) is 7.63. The Kier molecular flexibility index (Phi) is 6.86. The third-order valence-electron chi connectivity index (χ3n) is 3.68. The highest BCUT2D eigenvalue weighted by molar-refractivity contribution is 5.73. The van der Waals surface area contributed by atoms with Gasteiger partial charge in [-0.3, -0.25) is 0 Å². The van der Waals surface area contributed by atoms with Crippen molar-refractivity contribution in [2.45, 2.75) is 40.4 Å². The number of nitrogens with one attached hydrogen (secondary N) is 2. The van der Waals surface area contributed by atoms with E-state index in [0.717, 1.165) is 0 Å². The van der Waals surface area contributed by atoms with E-state index < -0.39 is 12.8 Å². The Morgan fingerprint density at radius 1 is 1.29 bits per heavy atom. The summed E-state index contributed by atoms with van der Waals surface area (Å²) in [5, 5.41) is 5.42. The molecule has 1 heterocycles. The van der Waals surface area contributed by atoms with Crippen molar-refractivity contribution in [3.05, 3.63) is 23.9 Å². The van der Waals surface area contributed by atoms with E-state index in [-0.39, 0.29) is 23.9 Å². The van der Waals surface area contributed by atoms with Crippen LogP contribution < -0.4 is 15.4 Å². The van der Waals surface area contributed by atoms with Crippen LogP contribution in [-0.4, -0.2) is 30.3 Å². The molecule has 2 amide bonds. The highest BCUT2D eigenvalue weighted by Gasteiger charge is 2.28. The number of halogens is 3. The minimum absolute atomic E-state index is 0.0864. The molecule has 2 N–H and O–H groups in total. The van der Waals surface area contributed by atoms with E-state index in [1.165, 1.54) is 12.3 Å². The van der Waals surface area contributed by atoms with Gasteiger partial charge in [0.25, 0.3) is 0 Å². The summed E-state index contributed by atoms with van der Waals surface area (Å²) in [6, 6.07) is 2.63. The van der Waals surface area contributed by atoms with Gasteiger partial charge in [-0.05, 0) is 23.0 Å². The first kappa shape index (κ1) is 20.1. The summed E-state index contributed by atoms with van der Waals surface area (Å²) in [4.78, 5) is 15.5. The maximum atomic E-state index is 12.1. The smallest absolute Gasteiger partial charge is 0.422 e. The minimum Gasteiger partial charge on any atom is -0.468 e. The Bertz CT molecular complexity index is 542. The Hall–Kier alpha value is -1.99. The Balaban J connectivity index is 2.43. The van der Waals surface area contributed by atoms with Gasteiger partial charge >= 0.3 is 12.2 Å². The van der Waals surface area contributed by atoms with E-state index in [1.54, 1.807) is 6.07 Å². The lowest BCUT2D eigenvalue weighted by molar-refractivity contribution is -0.154. The lowest BCUT2D eigenvalue weighted by Crippen LogP contribution is -2.39. The number of rotatable bonds is 6. The number of ether oxygens (including phenoxy) is 1. The number of carbonyl (C=O) groups is 1. The van der Waals surface area contributed by atoms with Gasteiger partial charge in [-0.25, -0.2) is 9.78 Å². The van der Waals surface area contributed by atoms with E-state index in [1.807, 2.05) is 6.92 Å². The molecule has 5 nitrogen and oxygen atoms in total. The summed E-state index contributed by atoms with van der Waals surface area (Å²) in [6.45, 7) is 7.63. The summed E-state index contributed by atoms with van der Waals surface area (Å²) in [5.74, 6) is 0.167. The molecular weight excluding hydrogens is 323 g/mol. The molecule has 1 unspecified atom stereocenters. The zero-order chi connectivity index (χ0) is 18.4. The van der Waals surface area contributed by atoms with Crippen LogP contribution in [0.5, 0.6) is 5.88 Å². The molecule has 0 saturated carbocycles. The molecule has 0 fully saturated rings. The molecule has 0 spiro atoms. The fourth-order valence-corrected chi connectivity index (χ4v) is 1.59. The van der Waals surface area contributed by atoms with E-state index in [9.17, 15) is 18.0 Å². The predicted octanol–water partition coefficient (Wildman–Crippen LogP) is 3.50. The maximum Gasteiger partial charge on any atom is 0.422 e. The van der Waals surface area contributed by atoms with Crippen LogP contribution >= 0.6 is 0 Å². The minimum atomic E-state index is -4.42. The van der Waals surface area contributed by atoms with Crippen LogP contribution in [0.4, 0.5) is 18.0 Å². The quantitative estimate of drug-likeness (QED) is 0.828. The van der Waals surface area contributed by atoms with Crippen LogP contribution in [0.15, 0.2) is 18.3 Å². The number of pyridine rings is 1. The Morgan fingerprint density at radius 2 is 1.96 bits per heavy atom. The Labute approximate surface area is 140 Å². The number of hydrogen-bond acceptors (Lipinski definition) is 3. The average Bonchev–Trinajstić information content (AvgIpc) is 2.47. The van der Waals surface area contributed by atoms with Crippen molar-refractivity contribution in [3.63, 3.8) is 0 Å². The molecule has 8 heteroatoms. The third kappa shape index (κ3) is 8.03. The summed E-state index contributed by atoms with van der Waals surface area (Å²) >= 11 is 0. The van der Waals surface area contributed by atoms with E-state index in [4.69, 9.17) is 0 Å². The first-order valence-electron chi connectivity index (χ1n) is 7.63. The van der Waals surface area contributed by atoms with Crippen molar-refractivity contribution < 1.29 is 22.7 Å². The fraction of sp³-hybridized carbons (Fsp3) is 0.625. The molecule has 1 aromatic heterocycles. The molecule has 0 aromatic carbocycles. The molecule has 24 heavy (non-hydrogen) atoms. The highest BCUT2D eigenvalue weighted by Crippen LogP contribution is 2.24. The molecule has 1 atom stereocenters. The van der Waals surface area contributed by atoms with Crippen molar-refractivity contribution >= 4 is 6.03 Å². The molecule has 1 aromatic rings. The first-order chi connectivity index (χ1) is 11.0. The zero-order valence-corrected chi connectivity index (χ0v) is 14.3. The van der Waals surface area contributed by atoms with Gasteiger partial charge in [-0.1, -0.05) is 27.7 Å². The van der Waals surface area contributed by atoms with E-state index in [2.05, 4.69) is 41.1 Å². The standard InChI is InChI=1S/C16H24F3N3O2/c1-11(15(2,3)4)8-21-14(23)22-9-12-5-6-20-13(7-12)24-10-16(17,18)19/h5-7,11H,8-10H2,1-4H3,(H2,21,22,23). The SMILES string of the molecule is CC(CNC(=O)NCc1ccnc(OCC(F)(F)F)c1)C(C)(C)C. The summed E-state index contributed by atoms with van der Waals surface area (Å²) < 4.78 is 40.9. The van der Waals surface area contributed by atoms with Gasteiger partial charge in [0.1, 0.15) is 0 Å². The molecule has 0 bridgehead atoms. The van der Waals surface area contributed by atoms with Crippen molar-refractivity contribution in [3.8, 4) is 5.88 Å². The van der Waals surface area contributed by atoms with Gasteiger partial charge < -0.3 is 15.4 Å². The van der Waals surface area contributed by atoms with E-state index >= 15 is 0 Å². The summed E-state index contributed by atoms with van der Waals surface area (Å²) in [6.07, 6.45) is -3.08. The molecule has 0 radical (unpaired) electrons. The topological polar surface area (TPSA) is 63.2 Å². The number of nitrogens with zero attached hydrogens (tertiary/aromatic N) is 1. The number of amides is 2. The molecular formula is C16H24F3N3O2. The average molecular weight is 347 g/mol. The fourth-order valence-electron chi connectivity index (χ4n) is 1.59. The van der Waals surface area contributed by atoms with Crippen molar-refractivity contribution in [2.75, 3.05) is 13.2 Å². The van der Waals surface area contributed by atoms with Crippen molar-refractivity contribution in [1.29, 1.82) is 0 Å². The van der Waals surface area contributed by atoms with Gasteiger partial charge in [0.2, 0.25) is 5.88 Å². The highest BCUT2D eigenvalue weighted by atomic mass is 19.4. The second-order valence-electron chi connectivity index (χ2n) is 6.74. The zero-order valence-electron chi connectivity index (χ0n) is 14.3. The van der Waals surface area contributed by atoms with Gasteiger partial charge in [0.05, 0.1) is 0 Å². The van der Waals surface area contributed by atoms with Gasteiger partial charge in [0, 0.05) is 25.4 Å². The number of alkyl halides is 3. The normalized spacial score (nSPS) is 13.3. The predicted molar refractivity (Wildman–Crippen MR) is 84.6 cm³/mol. The van der Waals surface area contributed by atoms with Gasteiger partial charge in [0.15, 0.2) is 6.61 Å². The van der Waals surface area contributed by atoms with E-state index in [0.29, 0.717) is 18.0 Å².